The molecule has 0 rings (SSSR count). The third-order valence-corrected chi connectivity index (χ3v) is 0.829. The minimum atomic E-state index is -0.918. The van der Waals surface area contributed by atoms with Crippen molar-refractivity contribution >= 4 is 17.7 Å². The topological polar surface area (TPSA) is 46.5 Å². The first kappa shape index (κ1) is 7.78. The molecule has 0 aliphatic rings. The lowest BCUT2D eigenvalue weighted by Crippen LogP contribution is -2.05. The third-order valence-electron chi connectivity index (χ3n) is 0.427. The van der Waals surface area contributed by atoms with Crippen LogP contribution in [0, 0.1) is 0 Å². The zero-order chi connectivity index (χ0) is 6.41. The van der Waals surface area contributed by atoms with E-state index in [1.165, 1.54) is 11.8 Å². The van der Waals surface area contributed by atoms with E-state index in [1.54, 1.807) is 0 Å². The minimum absolute atomic E-state index is 0.194. The van der Waals surface area contributed by atoms with Gasteiger partial charge in [0.05, 0.1) is 5.94 Å². The zero-order valence-electron chi connectivity index (χ0n) is 4.59. The molecule has 0 aliphatic heterocycles. The first-order valence-corrected chi connectivity index (χ1v) is 3.45. The van der Waals surface area contributed by atoms with Gasteiger partial charge in [-0.15, -0.1) is 11.8 Å². The van der Waals surface area contributed by atoms with Crippen LogP contribution in [-0.2, 0) is 9.53 Å². The fraction of sp³-hybridized carbons (Fsp3) is 0.750. The van der Waals surface area contributed by atoms with Gasteiger partial charge >= 0.3 is 5.97 Å². The Balaban J connectivity index is 2.82. The van der Waals surface area contributed by atoms with Crippen LogP contribution in [0.1, 0.15) is 0 Å². The molecular formula is C4H8O3S. The van der Waals surface area contributed by atoms with Gasteiger partial charge in [-0.3, -0.25) is 0 Å². The number of rotatable bonds is 4. The number of carbonyl (C=O) groups is 1. The molecule has 0 spiro atoms. The van der Waals surface area contributed by atoms with Gasteiger partial charge in [0, 0.05) is 0 Å². The summed E-state index contributed by atoms with van der Waals surface area (Å²) in [5, 5.41) is 8.01. The number of aliphatic carboxylic acids is 1. The molecule has 0 unspecified atom stereocenters. The first-order chi connectivity index (χ1) is 3.77. The summed E-state index contributed by atoms with van der Waals surface area (Å²) in [4.78, 5) is 9.74. The monoisotopic (exact) mass is 136 g/mol. The van der Waals surface area contributed by atoms with Gasteiger partial charge in [-0.25, -0.2) is 4.79 Å². The van der Waals surface area contributed by atoms with Crippen LogP contribution in [0.5, 0.6) is 0 Å². The summed E-state index contributed by atoms with van der Waals surface area (Å²) in [6.07, 6.45) is 1.85. The molecule has 0 saturated heterocycles. The largest absolute Gasteiger partial charge is 0.480 e. The molecule has 0 fully saturated rings. The van der Waals surface area contributed by atoms with Gasteiger partial charge in [-0.2, -0.15) is 0 Å². The fourth-order valence-electron chi connectivity index (χ4n) is 0.212. The van der Waals surface area contributed by atoms with E-state index in [9.17, 15) is 4.79 Å². The summed E-state index contributed by atoms with van der Waals surface area (Å²) in [6.45, 7) is -0.194. The highest BCUT2D eigenvalue weighted by Gasteiger charge is 1.92. The van der Waals surface area contributed by atoms with Crippen molar-refractivity contribution in [2.45, 2.75) is 0 Å². The lowest BCUT2D eigenvalue weighted by molar-refractivity contribution is -0.141. The molecule has 0 radical (unpaired) electrons. The number of hydrogen-bond acceptors (Lipinski definition) is 3. The van der Waals surface area contributed by atoms with Crippen LogP contribution in [0.25, 0.3) is 0 Å². The van der Waals surface area contributed by atoms with Crippen molar-refractivity contribution in [3.63, 3.8) is 0 Å². The Bertz CT molecular complexity index is 73.7. The molecule has 0 aliphatic carbocycles. The van der Waals surface area contributed by atoms with E-state index in [-0.39, 0.29) is 6.61 Å². The summed E-state index contributed by atoms with van der Waals surface area (Å²) in [5.41, 5.74) is 0. The number of thioether (sulfide) groups is 1. The Morgan fingerprint density at radius 2 is 2.50 bits per heavy atom. The van der Waals surface area contributed by atoms with Gasteiger partial charge in [0.2, 0.25) is 0 Å². The number of hydrogen-bond donors (Lipinski definition) is 1. The highest BCUT2D eigenvalue weighted by Crippen LogP contribution is 1.90. The molecule has 0 bridgehead atoms. The van der Waals surface area contributed by atoms with Crippen LogP contribution < -0.4 is 0 Å². The summed E-state index contributed by atoms with van der Waals surface area (Å²) in [7, 11) is 0. The molecule has 0 aromatic rings. The van der Waals surface area contributed by atoms with E-state index in [2.05, 4.69) is 4.74 Å². The number of carboxylic acids is 1. The van der Waals surface area contributed by atoms with Crippen molar-refractivity contribution in [3.05, 3.63) is 0 Å². The normalized spacial score (nSPS) is 9.12. The highest BCUT2D eigenvalue weighted by molar-refractivity contribution is 7.98. The second-order valence-corrected chi connectivity index (χ2v) is 1.96. The van der Waals surface area contributed by atoms with Gasteiger partial charge in [-0.05, 0) is 6.26 Å². The molecule has 0 aromatic heterocycles. The maximum atomic E-state index is 9.74. The maximum absolute atomic E-state index is 9.74. The smallest absolute Gasteiger partial charge is 0.329 e. The average Bonchev–Trinajstić information content (AvgIpc) is 1.66. The van der Waals surface area contributed by atoms with E-state index in [0.717, 1.165) is 0 Å². The predicted molar refractivity (Wildman–Crippen MR) is 32.0 cm³/mol. The Morgan fingerprint density at radius 1 is 1.88 bits per heavy atom. The molecule has 4 heteroatoms. The SMILES string of the molecule is CSCOCC(=O)O. The van der Waals surface area contributed by atoms with E-state index in [4.69, 9.17) is 5.11 Å². The summed E-state index contributed by atoms with van der Waals surface area (Å²) in [6, 6.07) is 0. The van der Waals surface area contributed by atoms with Gasteiger partial charge < -0.3 is 9.84 Å². The second kappa shape index (κ2) is 4.93. The van der Waals surface area contributed by atoms with Crippen LogP contribution in [0.2, 0.25) is 0 Å². The fourth-order valence-corrected chi connectivity index (χ4v) is 0.462. The van der Waals surface area contributed by atoms with Crippen molar-refractivity contribution in [2.75, 3.05) is 18.8 Å². The number of carboxylic acid groups (broad SMARTS) is 1. The third kappa shape index (κ3) is 5.78. The summed E-state index contributed by atoms with van der Waals surface area (Å²) >= 11 is 1.46. The van der Waals surface area contributed by atoms with Gasteiger partial charge in [0.1, 0.15) is 6.61 Å². The predicted octanol–water partition coefficient (Wildman–Crippen LogP) is 0.408. The van der Waals surface area contributed by atoms with E-state index < -0.39 is 5.97 Å². The van der Waals surface area contributed by atoms with Crippen LogP contribution in [0.4, 0.5) is 0 Å². The maximum Gasteiger partial charge on any atom is 0.329 e. The van der Waals surface area contributed by atoms with Crippen LogP contribution in [-0.4, -0.2) is 29.9 Å². The van der Waals surface area contributed by atoms with Crippen molar-refractivity contribution in [1.29, 1.82) is 0 Å². The molecule has 0 atom stereocenters. The van der Waals surface area contributed by atoms with Gasteiger partial charge in [0.25, 0.3) is 0 Å². The van der Waals surface area contributed by atoms with Crippen molar-refractivity contribution in [1.82, 2.24) is 0 Å². The molecule has 0 aromatic carbocycles. The Labute approximate surface area is 52.0 Å². The van der Waals surface area contributed by atoms with Crippen molar-refractivity contribution in [3.8, 4) is 0 Å². The summed E-state index contributed by atoms with van der Waals surface area (Å²) in [5.74, 6) is -0.467. The minimum Gasteiger partial charge on any atom is -0.480 e. The van der Waals surface area contributed by atoms with Crippen molar-refractivity contribution in [2.24, 2.45) is 0 Å². The van der Waals surface area contributed by atoms with Crippen LogP contribution in [0.15, 0.2) is 0 Å². The van der Waals surface area contributed by atoms with E-state index in [1.807, 2.05) is 6.26 Å². The Kier molecular flexibility index (Phi) is 4.79. The lowest BCUT2D eigenvalue weighted by atomic mass is 10.8. The van der Waals surface area contributed by atoms with Crippen LogP contribution in [0.3, 0.4) is 0 Å². The van der Waals surface area contributed by atoms with Crippen LogP contribution >= 0.6 is 11.8 Å². The molecule has 8 heavy (non-hydrogen) atoms. The molecule has 0 heterocycles. The van der Waals surface area contributed by atoms with Crippen molar-refractivity contribution < 1.29 is 14.6 Å². The van der Waals surface area contributed by atoms with E-state index >= 15 is 0 Å². The highest BCUT2D eigenvalue weighted by atomic mass is 32.2. The Hall–Kier alpha value is -0.220. The second-order valence-electron chi connectivity index (χ2n) is 1.15. The first-order valence-electron chi connectivity index (χ1n) is 2.06. The Morgan fingerprint density at radius 3 is 2.88 bits per heavy atom. The van der Waals surface area contributed by atoms with E-state index in [0.29, 0.717) is 5.94 Å². The average molecular weight is 136 g/mol. The number of ether oxygens (including phenoxy) is 1. The van der Waals surface area contributed by atoms with Gasteiger partial charge in [-0.1, -0.05) is 0 Å². The molecule has 0 amide bonds. The van der Waals surface area contributed by atoms with Gasteiger partial charge in [0.15, 0.2) is 0 Å². The quantitative estimate of drug-likeness (QED) is 0.449. The molecule has 3 nitrogen and oxygen atoms in total. The molecule has 48 valence electrons. The standard InChI is InChI=1S/C4H8O3S/c1-8-3-7-2-4(5)6/h2-3H2,1H3,(H,5,6). The molecule has 1 N–H and O–H groups in total. The molecular weight excluding hydrogens is 128 g/mol. The lowest BCUT2D eigenvalue weighted by Gasteiger charge is -1.93. The zero-order valence-corrected chi connectivity index (χ0v) is 5.40. The molecule has 0 saturated carbocycles. The summed E-state index contributed by atoms with van der Waals surface area (Å²) < 4.78 is 4.61.